The summed E-state index contributed by atoms with van der Waals surface area (Å²) in [6.07, 6.45) is 3.44. The lowest BCUT2D eigenvalue weighted by Crippen LogP contribution is -2.44. The molecule has 1 saturated heterocycles. The van der Waals surface area contributed by atoms with E-state index >= 15 is 0 Å². The number of amides is 4. The van der Waals surface area contributed by atoms with Gasteiger partial charge in [-0.2, -0.15) is 5.26 Å². The number of fused-ring (bicyclic) bond motifs is 2. The molecular weight excluding hydrogens is 380 g/mol. The number of nitriles is 1. The first-order chi connectivity index (χ1) is 14.5. The number of hydrogen-bond donors (Lipinski definition) is 2. The normalized spacial score (nSPS) is 20.3. The van der Waals surface area contributed by atoms with Crippen molar-refractivity contribution in [3.8, 4) is 6.07 Å². The van der Waals surface area contributed by atoms with Gasteiger partial charge in [0.1, 0.15) is 12.1 Å². The van der Waals surface area contributed by atoms with Crippen LogP contribution in [-0.2, 0) is 28.0 Å². The van der Waals surface area contributed by atoms with Crippen LogP contribution in [0.5, 0.6) is 0 Å². The summed E-state index contributed by atoms with van der Waals surface area (Å²) in [6, 6.07) is 16.1. The summed E-state index contributed by atoms with van der Waals surface area (Å²) >= 11 is 0. The molecule has 2 aliphatic rings. The maximum Gasteiger partial charge on any atom is 0.325 e. The Bertz CT molecular complexity index is 1040. The van der Waals surface area contributed by atoms with Crippen molar-refractivity contribution in [1.82, 2.24) is 10.2 Å². The van der Waals surface area contributed by atoms with Gasteiger partial charge in [0.2, 0.25) is 5.91 Å². The first-order valence-corrected chi connectivity index (χ1v) is 10.0. The number of imide groups is 1. The van der Waals surface area contributed by atoms with Crippen molar-refractivity contribution in [2.75, 3.05) is 11.9 Å². The molecule has 1 fully saturated rings. The van der Waals surface area contributed by atoms with Crippen molar-refractivity contribution >= 4 is 23.5 Å². The molecule has 7 nitrogen and oxygen atoms in total. The molecular formula is C23H22N4O3. The van der Waals surface area contributed by atoms with Crippen LogP contribution >= 0.6 is 0 Å². The highest BCUT2D eigenvalue weighted by molar-refractivity contribution is 6.10. The van der Waals surface area contributed by atoms with Crippen molar-refractivity contribution < 1.29 is 14.4 Å². The molecule has 2 aromatic rings. The minimum atomic E-state index is -1.09. The molecule has 0 unspecified atom stereocenters. The van der Waals surface area contributed by atoms with Crippen LogP contribution in [0, 0.1) is 11.3 Å². The molecule has 0 radical (unpaired) electrons. The SMILES string of the molecule is N#CCc1ccc(NC(=O)CN2C(=O)N[C@]3(CCCCc4ccccc43)C2=O)cc1. The largest absolute Gasteiger partial charge is 0.325 e. The molecule has 1 aliphatic heterocycles. The van der Waals surface area contributed by atoms with Crippen molar-refractivity contribution in [3.63, 3.8) is 0 Å². The number of carbonyl (C=O) groups excluding carboxylic acids is 3. The first-order valence-electron chi connectivity index (χ1n) is 10.0. The zero-order valence-electron chi connectivity index (χ0n) is 16.5. The minimum absolute atomic E-state index is 0.292. The number of anilines is 1. The van der Waals surface area contributed by atoms with Crippen molar-refractivity contribution in [2.45, 2.75) is 37.6 Å². The van der Waals surface area contributed by atoms with E-state index < -0.39 is 17.5 Å². The van der Waals surface area contributed by atoms with Crippen LogP contribution < -0.4 is 10.6 Å². The van der Waals surface area contributed by atoms with Crippen LogP contribution in [0.4, 0.5) is 10.5 Å². The lowest BCUT2D eigenvalue weighted by atomic mass is 9.84. The highest BCUT2D eigenvalue weighted by atomic mass is 16.2. The predicted octanol–water partition coefficient (Wildman–Crippen LogP) is 2.86. The van der Waals surface area contributed by atoms with E-state index in [1.54, 1.807) is 24.3 Å². The number of nitrogens with one attached hydrogen (secondary N) is 2. The average molecular weight is 402 g/mol. The fourth-order valence-corrected chi connectivity index (χ4v) is 4.26. The average Bonchev–Trinajstić information content (AvgIpc) is 2.88. The summed E-state index contributed by atoms with van der Waals surface area (Å²) in [5.41, 5.74) is 2.19. The summed E-state index contributed by atoms with van der Waals surface area (Å²) in [5.74, 6) is -0.827. The third kappa shape index (κ3) is 3.52. The molecule has 1 heterocycles. The number of aryl methyl sites for hydroxylation is 1. The van der Waals surface area contributed by atoms with Gasteiger partial charge in [0.05, 0.1) is 12.5 Å². The molecule has 0 bridgehead atoms. The van der Waals surface area contributed by atoms with Crippen LogP contribution in [-0.4, -0.2) is 29.3 Å². The number of rotatable bonds is 4. The fourth-order valence-electron chi connectivity index (χ4n) is 4.26. The van der Waals surface area contributed by atoms with Crippen molar-refractivity contribution in [1.29, 1.82) is 5.26 Å². The first kappa shape index (κ1) is 19.6. The zero-order chi connectivity index (χ0) is 21.1. The summed E-state index contributed by atoms with van der Waals surface area (Å²) in [7, 11) is 0. The summed E-state index contributed by atoms with van der Waals surface area (Å²) in [4.78, 5) is 39.5. The summed E-state index contributed by atoms with van der Waals surface area (Å²) < 4.78 is 0. The van der Waals surface area contributed by atoms with Gasteiger partial charge in [-0.05, 0) is 54.5 Å². The highest BCUT2D eigenvalue weighted by Gasteiger charge is 2.53. The lowest BCUT2D eigenvalue weighted by Gasteiger charge is -2.27. The molecule has 4 rings (SSSR count). The van der Waals surface area contributed by atoms with Crippen LogP contribution in [0.3, 0.4) is 0 Å². The Labute approximate surface area is 174 Å². The van der Waals surface area contributed by atoms with Gasteiger partial charge < -0.3 is 10.6 Å². The molecule has 0 saturated carbocycles. The second-order valence-corrected chi connectivity index (χ2v) is 7.67. The Morgan fingerprint density at radius 2 is 1.90 bits per heavy atom. The third-order valence-electron chi connectivity index (χ3n) is 5.72. The van der Waals surface area contributed by atoms with E-state index in [1.807, 2.05) is 24.3 Å². The number of benzene rings is 2. The topological polar surface area (TPSA) is 102 Å². The van der Waals surface area contributed by atoms with Crippen LogP contribution in [0.1, 0.15) is 36.0 Å². The Hall–Kier alpha value is -3.66. The third-order valence-corrected chi connectivity index (χ3v) is 5.72. The molecule has 1 aliphatic carbocycles. The van der Waals surface area contributed by atoms with Crippen LogP contribution in [0.15, 0.2) is 48.5 Å². The lowest BCUT2D eigenvalue weighted by molar-refractivity contribution is -0.134. The van der Waals surface area contributed by atoms with E-state index in [0.29, 0.717) is 18.5 Å². The second-order valence-electron chi connectivity index (χ2n) is 7.67. The van der Waals surface area contributed by atoms with Crippen LogP contribution in [0.25, 0.3) is 0 Å². The Morgan fingerprint density at radius 3 is 2.67 bits per heavy atom. The van der Waals surface area contributed by atoms with E-state index in [-0.39, 0.29) is 12.5 Å². The number of urea groups is 1. The molecule has 0 aromatic heterocycles. The molecule has 30 heavy (non-hydrogen) atoms. The molecule has 7 heteroatoms. The van der Waals surface area contributed by atoms with Gasteiger partial charge in [0.25, 0.3) is 5.91 Å². The zero-order valence-corrected chi connectivity index (χ0v) is 16.5. The minimum Gasteiger partial charge on any atom is -0.325 e. The quantitative estimate of drug-likeness (QED) is 0.768. The van der Waals surface area contributed by atoms with E-state index in [0.717, 1.165) is 40.9 Å². The van der Waals surface area contributed by atoms with E-state index in [9.17, 15) is 14.4 Å². The molecule has 4 amide bonds. The number of hydrogen-bond acceptors (Lipinski definition) is 4. The maximum absolute atomic E-state index is 13.3. The maximum atomic E-state index is 13.3. The Morgan fingerprint density at radius 1 is 1.13 bits per heavy atom. The van der Waals surface area contributed by atoms with E-state index in [1.165, 1.54) is 0 Å². The van der Waals surface area contributed by atoms with Crippen molar-refractivity contribution in [3.05, 3.63) is 65.2 Å². The molecule has 1 atom stereocenters. The second kappa shape index (κ2) is 7.99. The van der Waals surface area contributed by atoms with Gasteiger partial charge in [-0.25, -0.2) is 4.79 Å². The fraction of sp³-hybridized carbons (Fsp3) is 0.304. The van der Waals surface area contributed by atoms with Gasteiger partial charge in [-0.15, -0.1) is 0 Å². The molecule has 152 valence electrons. The molecule has 2 N–H and O–H groups in total. The smallest absolute Gasteiger partial charge is 0.325 e. The monoisotopic (exact) mass is 402 g/mol. The molecule has 1 spiro atoms. The van der Waals surface area contributed by atoms with Gasteiger partial charge in [-0.1, -0.05) is 36.4 Å². The Kier molecular flexibility index (Phi) is 5.23. The standard InChI is InChI=1S/C23H22N4O3/c24-14-12-16-8-10-18(11-9-16)25-20(28)15-27-21(29)23(26-22(27)30)13-4-3-6-17-5-1-2-7-19(17)23/h1-2,5,7-11H,3-4,6,12-13,15H2,(H,25,28)(H,26,30)/t23-/m0/s1. The van der Waals surface area contributed by atoms with Gasteiger partial charge >= 0.3 is 6.03 Å². The van der Waals surface area contributed by atoms with Crippen molar-refractivity contribution in [2.24, 2.45) is 0 Å². The van der Waals surface area contributed by atoms with E-state index in [2.05, 4.69) is 16.7 Å². The predicted molar refractivity (Wildman–Crippen MR) is 110 cm³/mol. The van der Waals surface area contributed by atoms with Crippen LogP contribution in [0.2, 0.25) is 0 Å². The number of nitrogens with zero attached hydrogens (tertiary/aromatic N) is 2. The highest BCUT2D eigenvalue weighted by Crippen LogP contribution is 2.38. The van der Waals surface area contributed by atoms with E-state index in [4.69, 9.17) is 5.26 Å². The Balaban J connectivity index is 1.51. The summed E-state index contributed by atoms with van der Waals surface area (Å²) in [5, 5.41) is 14.3. The van der Waals surface area contributed by atoms with Gasteiger partial charge in [0, 0.05) is 5.69 Å². The van der Waals surface area contributed by atoms with Gasteiger partial charge in [-0.3, -0.25) is 14.5 Å². The number of carbonyl (C=O) groups is 3. The molecule has 2 aromatic carbocycles. The summed E-state index contributed by atoms with van der Waals surface area (Å²) in [6.45, 7) is -0.353. The van der Waals surface area contributed by atoms with Gasteiger partial charge in [0.15, 0.2) is 0 Å².